The van der Waals surface area contributed by atoms with Crippen molar-refractivity contribution in [2.24, 2.45) is 0 Å². The molecule has 1 heterocycles. The highest BCUT2D eigenvalue weighted by molar-refractivity contribution is 5.67. The molecule has 0 saturated carbocycles. The molecule has 1 aliphatic rings. The lowest BCUT2D eigenvalue weighted by molar-refractivity contribution is 0.100. The zero-order chi connectivity index (χ0) is 20.3. The SMILES string of the molecule is O=C(N[C@@H](Cc1ccccc1)CN1CCN(CCO)CC1)OCc1ccccc1. The zero-order valence-corrected chi connectivity index (χ0v) is 16.9. The van der Waals surface area contributed by atoms with E-state index in [2.05, 4.69) is 27.2 Å². The number of benzene rings is 2. The molecule has 2 aromatic carbocycles. The maximum atomic E-state index is 12.4. The third kappa shape index (κ3) is 7.49. The predicted octanol–water partition coefficient (Wildman–Crippen LogP) is 2.13. The number of rotatable bonds is 9. The maximum Gasteiger partial charge on any atom is 0.407 e. The fourth-order valence-electron chi connectivity index (χ4n) is 3.64. The second-order valence-electron chi connectivity index (χ2n) is 7.46. The van der Waals surface area contributed by atoms with E-state index in [4.69, 9.17) is 9.84 Å². The van der Waals surface area contributed by atoms with Crippen LogP contribution in [0.25, 0.3) is 0 Å². The Kier molecular flexibility index (Phi) is 8.49. The minimum atomic E-state index is -0.381. The van der Waals surface area contributed by atoms with E-state index in [0.29, 0.717) is 0 Å². The van der Waals surface area contributed by atoms with Gasteiger partial charge in [-0.2, -0.15) is 0 Å². The van der Waals surface area contributed by atoms with Gasteiger partial charge in [0.15, 0.2) is 0 Å². The maximum absolute atomic E-state index is 12.4. The van der Waals surface area contributed by atoms with Crippen LogP contribution in [0.5, 0.6) is 0 Å². The van der Waals surface area contributed by atoms with Crippen LogP contribution in [0.4, 0.5) is 4.79 Å². The van der Waals surface area contributed by atoms with Gasteiger partial charge in [-0.3, -0.25) is 9.80 Å². The molecule has 6 nitrogen and oxygen atoms in total. The average Bonchev–Trinajstić information content (AvgIpc) is 2.75. The highest BCUT2D eigenvalue weighted by Crippen LogP contribution is 2.09. The number of aliphatic hydroxyl groups excluding tert-OH is 1. The number of β-amino-alcohol motifs (C(OH)–C–C–N with tert-alkyl or cyclic N) is 1. The van der Waals surface area contributed by atoms with E-state index in [1.165, 1.54) is 5.56 Å². The molecule has 2 aromatic rings. The molecule has 156 valence electrons. The Labute approximate surface area is 173 Å². The van der Waals surface area contributed by atoms with Crippen molar-refractivity contribution in [2.75, 3.05) is 45.9 Å². The summed E-state index contributed by atoms with van der Waals surface area (Å²) in [6.45, 7) is 5.73. The Bertz CT molecular complexity index is 719. The van der Waals surface area contributed by atoms with Crippen LogP contribution in [-0.2, 0) is 17.8 Å². The van der Waals surface area contributed by atoms with Crippen molar-refractivity contribution < 1.29 is 14.6 Å². The van der Waals surface area contributed by atoms with Crippen LogP contribution in [0, 0.1) is 0 Å². The Morgan fingerprint density at radius 2 is 1.52 bits per heavy atom. The lowest BCUT2D eigenvalue weighted by Gasteiger charge is -2.36. The van der Waals surface area contributed by atoms with Crippen molar-refractivity contribution in [1.82, 2.24) is 15.1 Å². The molecule has 1 atom stereocenters. The Morgan fingerprint density at radius 1 is 0.931 bits per heavy atom. The molecule has 1 amide bonds. The summed E-state index contributed by atoms with van der Waals surface area (Å²) in [5, 5.41) is 12.2. The Hall–Kier alpha value is -2.41. The van der Waals surface area contributed by atoms with Crippen molar-refractivity contribution in [2.45, 2.75) is 19.1 Å². The van der Waals surface area contributed by atoms with Crippen LogP contribution in [0.2, 0.25) is 0 Å². The number of amides is 1. The number of nitrogens with zero attached hydrogens (tertiary/aromatic N) is 2. The molecule has 0 spiro atoms. The predicted molar refractivity (Wildman–Crippen MR) is 114 cm³/mol. The number of hydrogen-bond donors (Lipinski definition) is 2. The van der Waals surface area contributed by atoms with Gasteiger partial charge in [-0.1, -0.05) is 60.7 Å². The summed E-state index contributed by atoms with van der Waals surface area (Å²) in [6.07, 6.45) is 0.381. The lowest BCUT2D eigenvalue weighted by atomic mass is 10.1. The highest BCUT2D eigenvalue weighted by atomic mass is 16.5. The molecule has 3 rings (SSSR count). The van der Waals surface area contributed by atoms with Crippen molar-refractivity contribution in [3.8, 4) is 0 Å². The van der Waals surface area contributed by atoms with E-state index in [-0.39, 0.29) is 25.3 Å². The van der Waals surface area contributed by atoms with Crippen LogP contribution >= 0.6 is 0 Å². The monoisotopic (exact) mass is 397 g/mol. The summed E-state index contributed by atoms with van der Waals surface area (Å²) in [5.41, 5.74) is 2.17. The Balaban J connectivity index is 1.53. The lowest BCUT2D eigenvalue weighted by Crippen LogP contribution is -2.52. The molecule has 0 aliphatic carbocycles. The number of carbonyl (C=O) groups excluding carboxylic acids is 1. The van der Waals surface area contributed by atoms with E-state index < -0.39 is 0 Å². The van der Waals surface area contributed by atoms with Gasteiger partial charge in [-0.15, -0.1) is 0 Å². The van der Waals surface area contributed by atoms with E-state index in [1.54, 1.807) is 0 Å². The first-order valence-corrected chi connectivity index (χ1v) is 10.3. The number of carbonyl (C=O) groups is 1. The molecular formula is C23H31N3O3. The second-order valence-corrected chi connectivity index (χ2v) is 7.46. The summed E-state index contributed by atoms with van der Waals surface area (Å²) < 4.78 is 5.43. The summed E-state index contributed by atoms with van der Waals surface area (Å²) >= 11 is 0. The molecule has 0 bridgehead atoms. The summed E-state index contributed by atoms with van der Waals surface area (Å²) in [5.74, 6) is 0. The van der Waals surface area contributed by atoms with Gasteiger partial charge in [0.25, 0.3) is 0 Å². The smallest absolute Gasteiger partial charge is 0.407 e. The van der Waals surface area contributed by atoms with Gasteiger partial charge >= 0.3 is 6.09 Å². The van der Waals surface area contributed by atoms with Crippen LogP contribution in [-0.4, -0.2) is 72.9 Å². The van der Waals surface area contributed by atoms with E-state index in [0.717, 1.165) is 51.3 Å². The zero-order valence-electron chi connectivity index (χ0n) is 16.9. The van der Waals surface area contributed by atoms with Gasteiger partial charge in [0.05, 0.1) is 6.61 Å². The molecular weight excluding hydrogens is 366 g/mol. The van der Waals surface area contributed by atoms with Gasteiger partial charge < -0.3 is 15.2 Å². The van der Waals surface area contributed by atoms with E-state index >= 15 is 0 Å². The first kappa shape index (κ1) is 21.3. The van der Waals surface area contributed by atoms with Crippen LogP contribution in [0.1, 0.15) is 11.1 Å². The first-order chi connectivity index (χ1) is 14.2. The molecule has 0 unspecified atom stereocenters. The molecule has 1 fully saturated rings. The minimum absolute atomic E-state index is 0.0231. The normalized spacial score (nSPS) is 16.3. The summed E-state index contributed by atoms with van der Waals surface area (Å²) in [6, 6.07) is 19.9. The number of alkyl carbamates (subject to hydrolysis) is 1. The topological polar surface area (TPSA) is 65.0 Å². The minimum Gasteiger partial charge on any atom is -0.445 e. The van der Waals surface area contributed by atoms with Crippen molar-refractivity contribution in [3.63, 3.8) is 0 Å². The molecule has 0 radical (unpaired) electrons. The standard InChI is InChI=1S/C23H31N3O3/c27-16-15-25-11-13-26(14-12-25)18-22(17-20-7-3-1-4-8-20)24-23(28)29-19-21-9-5-2-6-10-21/h1-10,22,27H,11-19H2,(H,24,28)/t22-/m0/s1. The fourth-order valence-corrected chi connectivity index (χ4v) is 3.64. The van der Waals surface area contributed by atoms with Gasteiger partial charge in [0, 0.05) is 45.3 Å². The van der Waals surface area contributed by atoms with Gasteiger partial charge in [0.2, 0.25) is 0 Å². The number of aliphatic hydroxyl groups is 1. The molecule has 1 aliphatic heterocycles. The molecule has 1 saturated heterocycles. The largest absolute Gasteiger partial charge is 0.445 e. The van der Waals surface area contributed by atoms with Crippen LogP contribution in [0.15, 0.2) is 60.7 Å². The molecule has 6 heteroatoms. The second kappa shape index (κ2) is 11.6. The third-order valence-corrected chi connectivity index (χ3v) is 5.22. The van der Waals surface area contributed by atoms with Crippen molar-refractivity contribution >= 4 is 6.09 Å². The van der Waals surface area contributed by atoms with Gasteiger partial charge in [-0.25, -0.2) is 4.79 Å². The van der Waals surface area contributed by atoms with Crippen molar-refractivity contribution in [1.29, 1.82) is 0 Å². The third-order valence-electron chi connectivity index (χ3n) is 5.22. The quantitative estimate of drug-likeness (QED) is 0.679. The Morgan fingerprint density at radius 3 is 2.14 bits per heavy atom. The average molecular weight is 398 g/mol. The summed E-state index contributed by atoms with van der Waals surface area (Å²) in [7, 11) is 0. The van der Waals surface area contributed by atoms with Crippen LogP contribution < -0.4 is 5.32 Å². The van der Waals surface area contributed by atoms with Crippen LogP contribution in [0.3, 0.4) is 0 Å². The first-order valence-electron chi connectivity index (χ1n) is 10.3. The van der Waals surface area contributed by atoms with E-state index in [1.807, 2.05) is 48.5 Å². The van der Waals surface area contributed by atoms with Crippen molar-refractivity contribution in [3.05, 3.63) is 71.8 Å². The van der Waals surface area contributed by atoms with Gasteiger partial charge in [0.1, 0.15) is 6.61 Å². The molecule has 0 aromatic heterocycles. The summed E-state index contributed by atoms with van der Waals surface area (Å²) in [4.78, 5) is 17.1. The van der Waals surface area contributed by atoms with E-state index in [9.17, 15) is 4.79 Å². The number of piperazine rings is 1. The number of ether oxygens (including phenoxy) is 1. The number of hydrogen-bond acceptors (Lipinski definition) is 5. The molecule has 29 heavy (non-hydrogen) atoms. The fraction of sp³-hybridized carbons (Fsp3) is 0.435. The number of nitrogens with one attached hydrogen (secondary N) is 1. The molecule has 2 N–H and O–H groups in total. The van der Waals surface area contributed by atoms with Gasteiger partial charge in [-0.05, 0) is 17.5 Å². The highest BCUT2D eigenvalue weighted by Gasteiger charge is 2.22.